The molecule has 1 atom stereocenters. The summed E-state index contributed by atoms with van der Waals surface area (Å²) in [6.45, 7) is 1.32. The molecule has 0 spiro atoms. The molecule has 1 aromatic heterocycles. The molecule has 1 N–H and O–H groups in total. The van der Waals surface area contributed by atoms with Crippen LogP contribution in [0.1, 0.15) is 18.5 Å². The van der Waals surface area contributed by atoms with Crippen LogP contribution in [0.25, 0.3) is 11.3 Å². The first-order chi connectivity index (χ1) is 10.9. The van der Waals surface area contributed by atoms with E-state index in [0.29, 0.717) is 5.56 Å². The van der Waals surface area contributed by atoms with Crippen LogP contribution < -0.4 is 5.56 Å². The molecule has 2 rings (SSSR count). The van der Waals surface area contributed by atoms with Crippen LogP contribution in [0.2, 0.25) is 0 Å². The summed E-state index contributed by atoms with van der Waals surface area (Å²) in [6.07, 6.45) is 0. The van der Waals surface area contributed by atoms with E-state index in [1.807, 2.05) is 0 Å². The van der Waals surface area contributed by atoms with Crippen molar-refractivity contribution in [1.29, 1.82) is 5.26 Å². The number of benzene rings is 1. The molecule has 0 saturated carbocycles. The molecule has 0 radical (unpaired) electrons. The zero-order chi connectivity index (χ0) is 17.1. The number of nitro groups is 1. The van der Waals surface area contributed by atoms with E-state index in [0.717, 1.165) is 4.57 Å². The van der Waals surface area contributed by atoms with Crippen LogP contribution in [0.3, 0.4) is 0 Å². The molecule has 0 saturated heterocycles. The van der Waals surface area contributed by atoms with Crippen molar-refractivity contribution >= 4 is 11.7 Å². The predicted molar refractivity (Wildman–Crippen MR) is 79.9 cm³/mol. The molecule has 0 aliphatic heterocycles. The summed E-state index contributed by atoms with van der Waals surface area (Å²) >= 11 is 0. The number of nitro benzene ring substituents is 1. The standard InChI is InChI=1S/C15H11N3O5/c1-9(15(20)21)17-13(7-4-11(8-16)14(17)19)10-2-5-12(6-3-10)18(22)23/h2-7,9H,1H3,(H,20,21). The maximum atomic E-state index is 12.3. The molecule has 0 amide bonds. The largest absolute Gasteiger partial charge is 0.480 e. The molecule has 8 nitrogen and oxygen atoms in total. The maximum absolute atomic E-state index is 12.3. The van der Waals surface area contributed by atoms with Crippen molar-refractivity contribution in [3.63, 3.8) is 0 Å². The van der Waals surface area contributed by atoms with E-state index in [1.165, 1.54) is 43.3 Å². The maximum Gasteiger partial charge on any atom is 0.326 e. The van der Waals surface area contributed by atoms with Gasteiger partial charge in [-0.25, -0.2) is 4.79 Å². The first kappa shape index (κ1) is 15.9. The SMILES string of the molecule is CC(C(=O)O)n1c(-c2ccc([N+](=O)[O-])cc2)ccc(C#N)c1=O. The molecule has 1 aromatic carbocycles. The van der Waals surface area contributed by atoms with Crippen molar-refractivity contribution in [3.8, 4) is 17.3 Å². The lowest BCUT2D eigenvalue weighted by atomic mass is 10.1. The number of carboxylic acids is 1. The smallest absolute Gasteiger partial charge is 0.326 e. The fourth-order valence-corrected chi connectivity index (χ4v) is 2.12. The third kappa shape index (κ3) is 2.94. The van der Waals surface area contributed by atoms with E-state index < -0.39 is 22.5 Å². The van der Waals surface area contributed by atoms with Gasteiger partial charge >= 0.3 is 5.97 Å². The van der Waals surface area contributed by atoms with Crippen molar-refractivity contribution in [1.82, 2.24) is 4.57 Å². The molecule has 0 aliphatic carbocycles. The van der Waals surface area contributed by atoms with Gasteiger partial charge in [-0.1, -0.05) is 0 Å². The zero-order valence-electron chi connectivity index (χ0n) is 12.0. The van der Waals surface area contributed by atoms with Crippen LogP contribution in [0.5, 0.6) is 0 Å². The third-order valence-corrected chi connectivity index (χ3v) is 3.36. The molecule has 8 heteroatoms. The fraction of sp³-hybridized carbons (Fsp3) is 0.133. The highest BCUT2D eigenvalue weighted by atomic mass is 16.6. The third-order valence-electron chi connectivity index (χ3n) is 3.36. The Labute approximate surface area is 130 Å². The Balaban J connectivity index is 2.69. The number of carbonyl (C=O) groups is 1. The Morgan fingerprint density at radius 3 is 2.39 bits per heavy atom. The second-order valence-electron chi connectivity index (χ2n) is 4.74. The molecular weight excluding hydrogens is 302 g/mol. The second-order valence-corrected chi connectivity index (χ2v) is 4.74. The molecule has 116 valence electrons. The number of rotatable bonds is 4. The number of nitrogens with zero attached hydrogens (tertiary/aromatic N) is 3. The number of aliphatic carboxylic acids is 1. The van der Waals surface area contributed by atoms with Crippen molar-refractivity contribution in [3.05, 3.63) is 62.4 Å². The van der Waals surface area contributed by atoms with Gasteiger partial charge in [0.1, 0.15) is 17.7 Å². The average molecular weight is 313 g/mol. The minimum absolute atomic E-state index is 0.123. The van der Waals surface area contributed by atoms with Gasteiger partial charge in [-0.05, 0) is 36.8 Å². The number of aromatic nitrogens is 1. The van der Waals surface area contributed by atoms with Crippen LogP contribution in [0.15, 0.2) is 41.2 Å². The van der Waals surface area contributed by atoms with Gasteiger partial charge in [-0.3, -0.25) is 19.5 Å². The van der Waals surface area contributed by atoms with Crippen molar-refractivity contribution in [2.24, 2.45) is 0 Å². The lowest BCUT2D eigenvalue weighted by Crippen LogP contribution is -2.30. The number of pyridine rings is 1. The first-order valence-corrected chi connectivity index (χ1v) is 6.50. The van der Waals surface area contributed by atoms with E-state index in [-0.39, 0.29) is 16.9 Å². The number of non-ortho nitro benzene ring substituents is 1. The summed E-state index contributed by atoms with van der Waals surface area (Å²) in [5.74, 6) is -1.23. The van der Waals surface area contributed by atoms with E-state index >= 15 is 0 Å². The van der Waals surface area contributed by atoms with E-state index in [2.05, 4.69) is 0 Å². The Morgan fingerprint density at radius 2 is 1.91 bits per heavy atom. The van der Waals surface area contributed by atoms with Crippen molar-refractivity contribution < 1.29 is 14.8 Å². The van der Waals surface area contributed by atoms with Gasteiger partial charge in [0.2, 0.25) is 0 Å². The fourth-order valence-electron chi connectivity index (χ4n) is 2.12. The minimum atomic E-state index is -1.23. The van der Waals surface area contributed by atoms with Crippen LogP contribution >= 0.6 is 0 Å². The molecule has 1 heterocycles. The Bertz CT molecular complexity index is 877. The molecular formula is C15H11N3O5. The molecule has 23 heavy (non-hydrogen) atoms. The topological polar surface area (TPSA) is 126 Å². The van der Waals surface area contributed by atoms with E-state index in [1.54, 1.807) is 6.07 Å². The van der Waals surface area contributed by atoms with Gasteiger partial charge in [0.05, 0.1) is 10.6 Å². The van der Waals surface area contributed by atoms with E-state index in [9.17, 15) is 24.8 Å². The summed E-state index contributed by atoms with van der Waals surface area (Å²) in [7, 11) is 0. The predicted octanol–water partition coefficient (Wildman–Crippen LogP) is 1.94. The van der Waals surface area contributed by atoms with Gasteiger partial charge < -0.3 is 5.11 Å². The molecule has 2 aromatic rings. The lowest BCUT2D eigenvalue weighted by Gasteiger charge is -2.17. The highest BCUT2D eigenvalue weighted by Crippen LogP contribution is 2.24. The molecule has 0 bridgehead atoms. The Hall–Kier alpha value is -3.47. The quantitative estimate of drug-likeness (QED) is 0.679. The van der Waals surface area contributed by atoms with Crippen LogP contribution in [0, 0.1) is 21.4 Å². The monoisotopic (exact) mass is 313 g/mol. The van der Waals surface area contributed by atoms with Crippen LogP contribution in [0.4, 0.5) is 5.69 Å². The summed E-state index contributed by atoms with van der Waals surface area (Å²) in [6, 6.07) is 8.62. The Kier molecular flexibility index (Phi) is 4.23. The summed E-state index contributed by atoms with van der Waals surface area (Å²) < 4.78 is 0.988. The number of carboxylic acid groups (broad SMARTS) is 1. The van der Waals surface area contributed by atoms with Crippen molar-refractivity contribution in [2.45, 2.75) is 13.0 Å². The van der Waals surface area contributed by atoms with Crippen molar-refractivity contribution in [2.75, 3.05) is 0 Å². The number of nitriles is 1. The minimum Gasteiger partial charge on any atom is -0.480 e. The molecule has 0 fully saturated rings. The normalized spacial score (nSPS) is 11.5. The number of hydrogen-bond donors (Lipinski definition) is 1. The number of hydrogen-bond acceptors (Lipinski definition) is 5. The summed E-state index contributed by atoms with van der Waals surface area (Å²) in [5, 5.41) is 28.8. The van der Waals surface area contributed by atoms with Gasteiger partial charge in [0, 0.05) is 12.1 Å². The van der Waals surface area contributed by atoms with E-state index in [4.69, 9.17) is 5.26 Å². The molecule has 0 aliphatic rings. The second kappa shape index (κ2) is 6.11. The van der Waals surface area contributed by atoms with Crippen LogP contribution in [-0.2, 0) is 4.79 Å². The average Bonchev–Trinajstić information content (AvgIpc) is 2.53. The summed E-state index contributed by atoms with van der Waals surface area (Å²) in [4.78, 5) is 33.7. The Morgan fingerprint density at radius 1 is 1.30 bits per heavy atom. The van der Waals surface area contributed by atoms with Gasteiger partial charge in [0.25, 0.3) is 11.2 Å². The lowest BCUT2D eigenvalue weighted by molar-refractivity contribution is -0.384. The summed E-state index contributed by atoms with van der Waals surface area (Å²) in [5.41, 5.74) is -0.325. The molecule has 1 unspecified atom stereocenters. The first-order valence-electron chi connectivity index (χ1n) is 6.50. The van der Waals surface area contributed by atoms with Gasteiger partial charge in [0.15, 0.2) is 0 Å². The highest BCUT2D eigenvalue weighted by molar-refractivity contribution is 5.73. The van der Waals surface area contributed by atoms with Gasteiger partial charge in [-0.2, -0.15) is 5.26 Å². The van der Waals surface area contributed by atoms with Crippen LogP contribution in [-0.4, -0.2) is 20.6 Å². The zero-order valence-corrected chi connectivity index (χ0v) is 12.0. The van der Waals surface area contributed by atoms with Gasteiger partial charge in [-0.15, -0.1) is 0 Å². The highest BCUT2D eigenvalue weighted by Gasteiger charge is 2.21.